The second-order valence-corrected chi connectivity index (χ2v) is 3.33. The Balaban J connectivity index is 2.56. The maximum Gasteiger partial charge on any atom is 0.219 e. The lowest BCUT2D eigenvalue weighted by Gasteiger charge is -2.31. The molecule has 0 radical (unpaired) electrons. The van der Waals surface area contributed by atoms with Gasteiger partial charge in [-0.05, 0) is 12.8 Å². The molecule has 1 rings (SSSR count). The van der Waals surface area contributed by atoms with Crippen LogP contribution in [-0.4, -0.2) is 34.9 Å². The highest BCUT2D eigenvalue weighted by atomic mass is 16.4. The molecule has 0 aliphatic carbocycles. The second kappa shape index (κ2) is 4.11. The molecule has 0 aromatic rings. The van der Waals surface area contributed by atoms with Crippen molar-refractivity contribution < 1.29 is 10.0 Å². The zero-order valence-electron chi connectivity index (χ0n) is 7.73. The number of piperidine rings is 1. The number of oxime groups is 1. The third-order valence-corrected chi connectivity index (χ3v) is 2.40. The average Bonchev–Trinajstić information content (AvgIpc) is 2.17. The predicted octanol–water partition coefficient (Wildman–Crippen LogP) is -0.00870. The molecule has 0 saturated carbocycles. The first-order valence-corrected chi connectivity index (χ1v) is 4.38. The first-order valence-electron chi connectivity index (χ1n) is 4.38. The summed E-state index contributed by atoms with van der Waals surface area (Å²) in [5, 5.41) is 11.4. The van der Waals surface area contributed by atoms with Crippen LogP contribution >= 0.6 is 0 Å². The molecule has 74 valence electrons. The summed E-state index contributed by atoms with van der Waals surface area (Å²) in [6, 6.07) is 0. The number of amidine groups is 1. The van der Waals surface area contributed by atoms with Crippen LogP contribution in [0.25, 0.3) is 0 Å². The van der Waals surface area contributed by atoms with Crippen LogP contribution in [0.4, 0.5) is 0 Å². The summed E-state index contributed by atoms with van der Waals surface area (Å²) in [6.07, 6.45) is 1.81. The normalized spacial score (nSPS) is 24.5. The molecule has 5 heteroatoms. The summed E-state index contributed by atoms with van der Waals surface area (Å²) >= 11 is 0. The van der Waals surface area contributed by atoms with Gasteiger partial charge >= 0.3 is 0 Å². The van der Waals surface area contributed by atoms with E-state index in [0.717, 1.165) is 19.4 Å². The molecule has 1 aliphatic rings. The van der Waals surface area contributed by atoms with Crippen LogP contribution in [0.2, 0.25) is 0 Å². The van der Waals surface area contributed by atoms with Gasteiger partial charge in [-0.25, -0.2) is 0 Å². The van der Waals surface area contributed by atoms with E-state index in [1.807, 2.05) is 0 Å². The Kier molecular flexibility index (Phi) is 3.11. The van der Waals surface area contributed by atoms with Crippen LogP contribution in [-0.2, 0) is 4.79 Å². The van der Waals surface area contributed by atoms with E-state index in [4.69, 9.17) is 10.9 Å². The molecule has 5 nitrogen and oxygen atoms in total. The van der Waals surface area contributed by atoms with Gasteiger partial charge in [-0.3, -0.25) is 4.79 Å². The van der Waals surface area contributed by atoms with E-state index in [1.165, 1.54) is 6.92 Å². The highest BCUT2D eigenvalue weighted by molar-refractivity contribution is 5.83. The van der Waals surface area contributed by atoms with Crippen molar-refractivity contribution in [3.05, 3.63) is 0 Å². The van der Waals surface area contributed by atoms with E-state index in [9.17, 15) is 4.79 Å². The van der Waals surface area contributed by atoms with E-state index in [0.29, 0.717) is 6.54 Å². The van der Waals surface area contributed by atoms with Gasteiger partial charge < -0.3 is 15.8 Å². The van der Waals surface area contributed by atoms with Crippen molar-refractivity contribution in [2.45, 2.75) is 19.8 Å². The molecule has 1 heterocycles. The fourth-order valence-electron chi connectivity index (χ4n) is 1.59. The number of hydrogen-bond donors (Lipinski definition) is 2. The first kappa shape index (κ1) is 9.83. The second-order valence-electron chi connectivity index (χ2n) is 3.33. The smallest absolute Gasteiger partial charge is 0.219 e. The molecule has 13 heavy (non-hydrogen) atoms. The van der Waals surface area contributed by atoms with Gasteiger partial charge in [0.2, 0.25) is 5.91 Å². The number of nitrogens with zero attached hydrogens (tertiary/aromatic N) is 2. The lowest BCUT2D eigenvalue weighted by Crippen LogP contribution is -2.43. The molecule has 3 N–H and O–H groups in total. The molecule has 1 aliphatic heterocycles. The minimum Gasteiger partial charge on any atom is -0.409 e. The molecule has 1 amide bonds. The van der Waals surface area contributed by atoms with Crippen molar-refractivity contribution >= 4 is 11.7 Å². The zero-order chi connectivity index (χ0) is 9.84. The Morgan fingerprint density at radius 2 is 2.38 bits per heavy atom. The van der Waals surface area contributed by atoms with Crippen LogP contribution in [0.1, 0.15) is 19.8 Å². The number of likely N-dealkylation sites (tertiary alicyclic amines) is 1. The van der Waals surface area contributed by atoms with E-state index in [-0.39, 0.29) is 17.7 Å². The average molecular weight is 185 g/mol. The van der Waals surface area contributed by atoms with Gasteiger partial charge in [0.05, 0.1) is 0 Å². The van der Waals surface area contributed by atoms with Crippen molar-refractivity contribution in [3.63, 3.8) is 0 Å². The van der Waals surface area contributed by atoms with Crippen LogP contribution in [0.15, 0.2) is 5.16 Å². The fourth-order valence-corrected chi connectivity index (χ4v) is 1.59. The largest absolute Gasteiger partial charge is 0.409 e. The van der Waals surface area contributed by atoms with E-state index in [2.05, 4.69) is 5.16 Å². The van der Waals surface area contributed by atoms with Crippen LogP contribution in [0.5, 0.6) is 0 Å². The van der Waals surface area contributed by atoms with E-state index >= 15 is 0 Å². The van der Waals surface area contributed by atoms with Gasteiger partial charge in [0.25, 0.3) is 0 Å². The molecular weight excluding hydrogens is 170 g/mol. The third-order valence-electron chi connectivity index (χ3n) is 2.40. The van der Waals surface area contributed by atoms with Gasteiger partial charge in [0.1, 0.15) is 5.84 Å². The van der Waals surface area contributed by atoms with E-state index < -0.39 is 0 Å². The number of hydrogen-bond acceptors (Lipinski definition) is 3. The van der Waals surface area contributed by atoms with Crippen molar-refractivity contribution in [1.82, 2.24) is 4.90 Å². The number of amides is 1. The molecular formula is C8H15N3O2. The van der Waals surface area contributed by atoms with Crippen LogP contribution in [0.3, 0.4) is 0 Å². The highest BCUT2D eigenvalue weighted by Crippen LogP contribution is 2.16. The lowest BCUT2D eigenvalue weighted by atomic mass is 9.97. The standard InChI is InChI=1S/C8H15N3O2/c1-6(12)11-4-2-3-7(5-11)8(9)10-13/h7,13H,2-5H2,1H3,(H2,9,10). The molecule has 1 fully saturated rings. The molecule has 1 atom stereocenters. The zero-order valence-corrected chi connectivity index (χ0v) is 7.73. The Hall–Kier alpha value is -1.26. The topological polar surface area (TPSA) is 78.9 Å². The maximum atomic E-state index is 11.0. The lowest BCUT2D eigenvalue weighted by molar-refractivity contribution is -0.130. The third kappa shape index (κ3) is 2.34. The summed E-state index contributed by atoms with van der Waals surface area (Å²) in [7, 11) is 0. The highest BCUT2D eigenvalue weighted by Gasteiger charge is 2.24. The number of nitrogens with two attached hydrogens (primary N) is 1. The van der Waals surface area contributed by atoms with Gasteiger partial charge in [-0.2, -0.15) is 0 Å². The molecule has 0 bridgehead atoms. The minimum absolute atomic E-state index is 0.0163. The fraction of sp³-hybridized carbons (Fsp3) is 0.750. The summed E-state index contributed by atoms with van der Waals surface area (Å²) in [5.74, 6) is 0.295. The van der Waals surface area contributed by atoms with Crippen LogP contribution < -0.4 is 5.73 Å². The molecule has 0 aromatic heterocycles. The molecule has 0 aromatic carbocycles. The Bertz CT molecular complexity index is 227. The SMILES string of the molecule is CC(=O)N1CCCC(/C(N)=N/O)C1. The van der Waals surface area contributed by atoms with Crippen molar-refractivity contribution in [1.29, 1.82) is 0 Å². The van der Waals surface area contributed by atoms with Crippen molar-refractivity contribution in [2.75, 3.05) is 13.1 Å². The van der Waals surface area contributed by atoms with Gasteiger partial charge in [0, 0.05) is 25.9 Å². The summed E-state index contributed by atoms with van der Waals surface area (Å²) < 4.78 is 0. The Labute approximate surface area is 77.2 Å². The number of rotatable bonds is 1. The van der Waals surface area contributed by atoms with Gasteiger partial charge in [0.15, 0.2) is 0 Å². The van der Waals surface area contributed by atoms with Gasteiger partial charge in [-0.1, -0.05) is 5.16 Å². The Morgan fingerprint density at radius 1 is 1.69 bits per heavy atom. The Morgan fingerprint density at radius 3 is 2.92 bits per heavy atom. The monoisotopic (exact) mass is 185 g/mol. The molecule has 1 saturated heterocycles. The molecule has 1 unspecified atom stereocenters. The summed E-state index contributed by atoms with van der Waals surface area (Å²) in [5.41, 5.74) is 5.47. The first-order chi connectivity index (χ1) is 6.15. The van der Waals surface area contributed by atoms with Crippen molar-refractivity contribution in [2.24, 2.45) is 16.8 Å². The quantitative estimate of drug-likeness (QED) is 0.261. The summed E-state index contributed by atoms with van der Waals surface area (Å²) in [4.78, 5) is 12.8. The summed E-state index contributed by atoms with van der Waals surface area (Å²) in [6.45, 7) is 2.89. The number of carbonyl (C=O) groups excluding carboxylic acids is 1. The van der Waals surface area contributed by atoms with Crippen LogP contribution in [0, 0.1) is 5.92 Å². The molecule has 0 spiro atoms. The minimum atomic E-state index is 0.0163. The van der Waals surface area contributed by atoms with Gasteiger partial charge in [-0.15, -0.1) is 0 Å². The number of carbonyl (C=O) groups is 1. The van der Waals surface area contributed by atoms with Crippen molar-refractivity contribution in [3.8, 4) is 0 Å². The maximum absolute atomic E-state index is 11.0. The van der Waals surface area contributed by atoms with E-state index in [1.54, 1.807) is 4.90 Å². The predicted molar refractivity (Wildman–Crippen MR) is 48.4 cm³/mol.